The average Bonchev–Trinajstić information content (AvgIpc) is 2.16. The van der Waals surface area contributed by atoms with Crippen molar-refractivity contribution in [2.75, 3.05) is 19.5 Å². The number of benzene rings is 1. The number of aryl methyl sites for hydroxylation is 1. The molecule has 1 aromatic carbocycles. The van der Waals surface area contributed by atoms with Gasteiger partial charge < -0.3 is 10.1 Å². The third-order valence-electron chi connectivity index (χ3n) is 1.94. The maximum atomic E-state index is 5.22. The molecule has 1 N–H and O–H groups in total. The van der Waals surface area contributed by atoms with Crippen LogP contribution < -0.4 is 10.1 Å². The summed E-state index contributed by atoms with van der Waals surface area (Å²) >= 11 is 0. The first-order valence-corrected chi connectivity index (χ1v) is 4.16. The van der Waals surface area contributed by atoms with E-state index in [9.17, 15) is 0 Å². The summed E-state index contributed by atoms with van der Waals surface area (Å²) in [7, 11) is 3.58. The topological polar surface area (TPSA) is 21.3 Å². The Morgan fingerprint density at radius 1 is 1.42 bits per heavy atom. The van der Waals surface area contributed by atoms with Crippen molar-refractivity contribution < 1.29 is 4.74 Å². The van der Waals surface area contributed by atoms with Gasteiger partial charge in [0, 0.05) is 7.05 Å². The Balaban J connectivity index is 3.02. The highest BCUT2D eigenvalue weighted by Crippen LogP contribution is 2.24. The fourth-order valence-electron chi connectivity index (χ4n) is 1.16. The van der Waals surface area contributed by atoms with E-state index in [1.54, 1.807) is 7.11 Å². The number of anilines is 1. The van der Waals surface area contributed by atoms with Crippen molar-refractivity contribution in [3.8, 4) is 5.75 Å². The van der Waals surface area contributed by atoms with Gasteiger partial charge in [0.05, 0.1) is 12.8 Å². The van der Waals surface area contributed by atoms with Gasteiger partial charge in [0.2, 0.25) is 0 Å². The summed E-state index contributed by atoms with van der Waals surface area (Å²) < 4.78 is 5.22. The molecule has 0 bridgehead atoms. The third-order valence-corrected chi connectivity index (χ3v) is 1.94. The number of hydrogen-bond donors (Lipinski definition) is 1. The quantitative estimate of drug-likeness (QED) is 0.742. The van der Waals surface area contributed by atoms with Crippen molar-refractivity contribution in [2.45, 2.75) is 13.3 Å². The predicted molar refractivity (Wildman–Crippen MR) is 51.9 cm³/mol. The zero-order chi connectivity index (χ0) is 8.97. The number of rotatable bonds is 3. The summed E-state index contributed by atoms with van der Waals surface area (Å²) in [5.74, 6) is 0.914. The molecule has 0 atom stereocenters. The first kappa shape index (κ1) is 8.91. The molecule has 2 nitrogen and oxygen atoms in total. The molecule has 0 spiro atoms. The molecule has 0 aliphatic rings. The highest BCUT2D eigenvalue weighted by molar-refractivity contribution is 5.57. The summed E-state index contributed by atoms with van der Waals surface area (Å²) in [5, 5.41) is 3.07. The van der Waals surface area contributed by atoms with Crippen molar-refractivity contribution in [1.29, 1.82) is 0 Å². The SMILES string of the molecule is CCc1ccc(NC)c(OC)c1. The van der Waals surface area contributed by atoms with E-state index in [0.29, 0.717) is 0 Å². The summed E-state index contributed by atoms with van der Waals surface area (Å²) in [6.45, 7) is 2.13. The normalized spacial score (nSPS) is 9.58. The first-order chi connectivity index (χ1) is 5.81. The second-order valence-corrected chi connectivity index (χ2v) is 2.64. The summed E-state index contributed by atoms with van der Waals surface area (Å²) in [5.41, 5.74) is 2.33. The van der Waals surface area contributed by atoms with E-state index in [2.05, 4.69) is 24.4 Å². The monoisotopic (exact) mass is 165 g/mol. The van der Waals surface area contributed by atoms with E-state index in [-0.39, 0.29) is 0 Å². The van der Waals surface area contributed by atoms with Crippen molar-refractivity contribution in [3.63, 3.8) is 0 Å². The number of ether oxygens (including phenoxy) is 1. The van der Waals surface area contributed by atoms with E-state index >= 15 is 0 Å². The number of hydrogen-bond acceptors (Lipinski definition) is 2. The Morgan fingerprint density at radius 2 is 2.17 bits per heavy atom. The van der Waals surface area contributed by atoms with Crippen molar-refractivity contribution in [3.05, 3.63) is 23.8 Å². The van der Waals surface area contributed by atoms with Crippen molar-refractivity contribution in [2.24, 2.45) is 0 Å². The minimum absolute atomic E-state index is 0.914. The maximum absolute atomic E-state index is 5.22. The Bertz CT molecular complexity index is 258. The first-order valence-electron chi connectivity index (χ1n) is 4.16. The number of nitrogens with one attached hydrogen (secondary N) is 1. The Kier molecular flexibility index (Phi) is 2.97. The van der Waals surface area contributed by atoms with E-state index < -0.39 is 0 Å². The Morgan fingerprint density at radius 3 is 2.67 bits per heavy atom. The van der Waals surface area contributed by atoms with Gasteiger partial charge in [-0.15, -0.1) is 0 Å². The van der Waals surface area contributed by atoms with Gasteiger partial charge in [-0.05, 0) is 24.1 Å². The molecule has 1 rings (SSSR count). The van der Waals surface area contributed by atoms with Gasteiger partial charge in [-0.1, -0.05) is 13.0 Å². The smallest absolute Gasteiger partial charge is 0.142 e. The molecule has 0 aliphatic heterocycles. The van der Waals surface area contributed by atoms with E-state index in [0.717, 1.165) is 17.9 Å². The van der Waals surface area contributed by atoms with Gasteiger partial charge in [0.15, 0.2) is 0 Å². The van der Waals surface area contributed by atoms with Gasteiger partial charge >= 0.3 is 0 Å². The van der Waals surface area contributed by atoms with Crippen LogP contribution in [0.15, 0.2) is 18.2 Å². The van der Waals surface area contributed by atoms with Crippen LogP contribution in [0.4, 0.5) is 5.69 Å². The van der Waals surface area contributed by atoms with E-state index in [1.807, 2.05) is 13.1 Å². The van der Waals surface area contributed by atoms with Crippen LogP contribution in [0.3, 0.4) is 0 Å². The second kappa shape index (κ2) is 4.00. The molecular formula is C10H15NO. The molecule has 0 aromatic heterocycles. The maximum Gasteiger partial charge on any atom is 0.142 e. The van der Waals surface area contributed by atoms with Crippen molar-refractivity contribution >= 4 is 5.69 Å². The van der Waals surface area contributed by atoms with Crippen molar-refractivity contribution in [1.82, 2.24) is 0 Å². The van der Waals surface area contributed by atoms with Gasteiger partial charge in [-0.25, -0.2) is 0 Å². The minimum atomic E-state index is 0.914. The minimum Gasteiger partial charge on any atom is -0.495 e. The molecule has 12 heavy (non-hydrogen) atoms. The summed E-state index contributed by atoms with van der Waals surface area (Å²) in [4.78, 5) is 0. The lowest BCUT2D eigenvalue weighted by Crippen LogP contribution is -1.94. The highest BCUT2D eigenvalue weighted by Gasteiger charge is 2.00. The molecule has 1 aromatic rings. The van der Waals surface area contributed by atoms with Crippen LogP contribution in [0, 0.1) is 0 Å². The molecule has 0 fully saturated rings. The van der Waals surface area contributed by atoms with Crippen LogP contribution in [0.2, 0.25) is 0 Å². The molecular weight excluding hydrogens is 150 g/mol. The summed E-state index contributed by atoms with van der Waals surface area (Å²) in [6.07, 6.45) is 1.04. The fraction of sp³-hybridized carbons (Fsp3) is 0.400. The predicted octanol–water partition coefficient (Wildman–Crippen LogP) is 2.30. The van der Waals surface area contributed by atoms with E-state index in [4.69, 9.17) is 4.74 Å². The van der Waals surface area contributed by atoms with Crippen LogP contribution >= 0.6 is 0 Å². The molecule has 0 unspecified atom stereocenters. The lowest BCUT2D eigenvalue weighted by molar-refractivity contribution is 0.416. The van der Waals surface area contributed by atoms with E-state index in [1.165, 1.54) is 5.56 Å². The van der Waals surface area contributed by atoms with Crippen LogP contribution in [0.25, 0.3) is 0 Å². The zero-order valence-corrected chi connectivity index (χ0v) is 7.85. The molecule has 0 amide bonds. The zero-order valence-electron chi connectivity index (χ0n) is 7.85. The Labute approximate surface area is 73.6 Å². The van der Waals surface area contributed by atoms with Gasteiger partial charge in [0.25, 0.3) is 0 Å². The van der Waals surface area contributed by atoms with Crippen LogP contribution in [0.1, 0.15) is 12.5 Å². The van der Waals surface area contributed by atoms with Gasteiger partial charge in [-0.3, -0.25) is 0 Å². The van der Waals surface area contributed by atoms with Gasteiger partial charge in [0.1, 0.15) is 5.75 Å². The largest absolute Gasteiger partial charge is 0.495 e. The molecule has 66 valence electrons. The average molecular weight is 165 g/mol. The third kappa shape index (κ3) is 1.70. The van der Waals surface area contributed by atoms with Crippen LogP contribution in [-0.2, 0) is 6.42 Å². The molecule has 0 radical (unpaired) electrons. The summed E-state index contributed by atoms with van der Waals surface area (Å²) in [6, 6.07) is 6.21. The molecule has 0 aliphatic carbocycles. The Hall–Kier alpha value is -1.18. The standard InChI is InChI=1S/C10H15NO/c1-4-8-5-6-9(11-2)10(7-8)12-3/h5-7,11H,4H2,1-3H3. The molecule has 2 heteroatoms. The number of methoxy groups -OCH3 is 1. The molecule has 0 saturated heterocycles. The lowest BCUT2D eigenvalue weighted by atomic mass is 10.1. The molecule has 0 saturated carbocycles. The van der Waals surface area contributed by atoms with Crippen LogP contribution in [-0.4, -0.2) is 14.2 Å². The lowest BCUT2D eigenvalue weighted by Gasteiger charge is -2.08. The van der Waals surface area contributed by atoms with Gasteiger partial charge in [-0.2, -0.15) is 0 Å². The fourth-order valence-corrected chi connectivity index (χ4v) is 1.16. The molecule has 0 heterocycles. The second-order valence-electron chi connectivity index (χ2n) is 2.64. The van der Waals surface area contributed by atoms with Crippen LogP contribution in [0.5, 0.6) is 5.75 Å². The highest BCUT2D eigenvalue weighted by atomic mass is 16.5.